The number of aryl methyl sites for hydroxylation is 1. The number of thiocarbonyl (C=S) groups is 1. The smallest absolute Gasteiger partial charge is 0.229 e. The van der Waals surface area contributed by atoms with Gasteiger partial charge in [0.2, 0.25) is 10.0 Å². The molecule has 4 rings (SSSR count). The van der Waals surface area contributed by atoms with E-state index < -0.39 is 10.0 Å². The summed E-state index contributed by atoms with van der Waals surface area (Å²) in [7, 11) is -2.01. The van der Waals surface area contributed by atoms with Crippen molar-refractivity contribution in [3.8, 4) is 5.75 Å². The second-order valence-corrected chi connectivity index (χ2v) is 11.2. The van der Waals surface area contributed by atoms with Gasteiger partial charge in [0.1, 0.15) is 5.75 Å². The van der Waals surface area contributed by atoms with Crippen LogP contribution in [-0.2, 0) is 10.0 Å². The summed E-state index contributed by atoms with van der Waals surface area (Å²) in [6.45, 7) is 8.57. The van der Waals surface area contributed by atoms with Crippen LogP contribution in [-0.4, -0.2) is 36.4 Å². The van der Waals surface area contributed by atoms with Crippen LogP contribution in [0.4, 0.5) is 11.4 Å². The number of ether oxygens (including phenoxy) is 1. The molecule has 10 heteroatoms. The lowest BCUT2D eigenvalue weighted by Gasteiger charge is -2.29. The molecule has 1 aromatic carbocycles. The molecule has 1 saturated heterocycles. The number of sulfonamides is 1. The number of nitrogens with one attached hydrogen (secondary N) is 2. The largest absolute Gasteiger partial charge is 0.495 e. The van der Waals surface area contributed by atoms with E-state index in [1.165, 1.54) is 12.8 Å². The Morgan fingerprint density at radius 1 is 1.17 bits per heavy atom. The highest BCUT2D eigenvalue weighted by molar-refractivity contribution is 7.92. The van der Waals surface area contributed by atoms with Crippen LogP contribution in [0.25, 0.3) is 0 Å². The van der Waals surface area contributed by atoms with E-state index in [4.69, 9.17) is 17.0 Å². The fourth-order valence-corrected chi connectivity index (χ4v) is 5.88. The van der Waals surface area contributed by atoms with Crippen LogP contribution in [0.1, 0.15) is 54.6 Å². The predicted octanol–water partition coefficient (Wildman–Crippen LogP) is 4.64. The van der Waals surface area contributed by atoms with Crippen LogP contribution in [0.5, 0.6) is 5.75 Å². The quantitative estimate of drug-likeness (QED) is 0.445. The number of anilines is 2. The van der Waals surface area contributed by atoms with Gasteiger partial charge in [0.15, 0.2) is 5.11 Å². The zero-order valence-corrected chi connectivity index (χ0v) is 22.4. The molecule has 0 aliphatic carbocycles. The van der Waals surface area contributed by atoms with E-state index in [0.29, 0.717) is 22.6 Å². The lowest BCUT2D eigenvalue weighted by Crippen LogP contribution is -2.29. The first-order valence-corrected chi connectivity index (χ1v) is 13.7. The van der Waals surface area contributed by atoms with E-state index in [-0.39, 0.29) is 12.1 Å². The van der Waals surface area contributed by atoms with E-state index in [0.717, 1.165) is 28.9 Å². The average molecular weight is 514 g/mol. The van der Waals surface area contributed by atoms with Crippen molar-refractivity contribution in [3.05, 3.63) is 71.3 Å². The molecule has 0 bridgehead atoms. The SMILES string of the molecule is COc1ccc(N2C(=S)N[C@H](c3ccccn3)[C@H]2c2cc(C)n(C(C)C)c2C)cc1NS(C)(=O)=O. The number of pyridine rings is 1. The Hall–Kier alpha value is -3.11. The molecule has 3 heterocycles. The molecule has 2 aromatic heterocycles. The van der Waals surface area contributed by atoms with Gasteiger partial charge >= 0.3 is 0 Å². The molecule has 2 N–H and O–H groups in total. The molecule has 35 heavy (non-hydrogen) atoms. The normalized spacial score (nSPS) is 18.1. The molecular formula is C25H31N5O3S2. The summed E-state index contributed by atoms with van der Waals surface area (Å²) in [5, 5.41) is 4.00. The average Bonchev–Trinajstić information content (AvgIpc) is 3.28. The first-order chi connectivity index (χ1) is 16.5. The molecule has 0 unspecified atom stereocenters. The van der Waals surface area contributed by atoms with Crippen LogP contribution in [0.3, 0.4) is 0 Å². The van der Waals surface area contributed by atoms with E-state index in [1.807, 2.05) is 29.2 Å². The predicted molar refractivity (Wildman–Crippen MR) is 144 cm³/mol. The second-order valence-electron chi connectivity index (χ2n) is 9.05. The van der Waals surface area contributed by atoms with Gasteiger partial charge in [-0.2, -0.15) is 0 Å². The van der Waals surface area contributed by atoms with E-state index in [9.17, 15) is 8.42 Å². The van der Waals surface area contributed by atoms with Gasteiger partial charge in [-0.1, -0.05) is 6.07 Å². The molecule has 1 fully saturated rings. The van der Waals surface area contributed by atoms with Crippen molar-refractivity contribution in [1.82, 2.24) is 14.9 Å². The Labute approximate surface area is 212 Å². The van der Waals surface area contributed by atoms with Crippen LogP contribution in [0, 0.1) is 13.8 Å². The van der Waals surface area contributed by atoms with Crippen molar-refractivity contribution in [2.24, 2.45) is 0 Å². The van der Waals surface area contributed by atoms with Crippen LogP contribution in [0.15, 0.2) is 48.7 Å². The molecule has 0 saturated carbocycles. The van der Waals surface area contributed by atoms with E-state index in [1.54, 1.807) is 18.3 Å². The molecule has 0 spiro atoms. The van der Waals surface area contributed by atoms with Gasteiger partial charge in [0, 0.05) is 29.3 Å². The number of aromatic nitrogens is 2. The molecule has 8 nitrogen and oxygen atoms in total. The Morgan fingerprint density at radius 2 is 1.91 bits per heavy atom. The van der Waals surface area contributed by atoms with E-state index in [2.05, 4.69) is 53.4 Å². The summed E-state index contributed by atoms with van der Waals surface area (Å²) in [6, 6.07) is 13.3. The standard InChI is InChI=1S/C25H31N5O3S2/c1-15(2)29-16(3)13-19(17(29)4)24-23(20-9-7-8-12-26-20)27-25(34)30(24)18-10-11-22(33-5)21(14-18)28-35(6,31)32/h7-15,23-24,28H,1-6H3,(H,27,34)/t23-,24-/m1/s1. The summed E-state index contributed by atoms with van der Waals surface area (Å²) in [5.41, 5.74) is 5.42. The second kappa shape index (κ2) is 9.50. The number of nitrogens with zero attached hydrogens (tertiary/aromatic N) is 3. The number of methoxy groups -OCH3 is 1. The summed E-state index contributed by atoms with van der Waals surface area (Å²) >= 11 is 5.84. The minimum atomic E-state index is -3.51. The van der Waals surface area contributed by atoms with Crippen molar-refractivity contribution < 1.29 is 13.2 Å². The number of hydrogen-bond acceptors (Lipinski definition) is 5. The summed E-state index contributed by atoms with van der Waals surface area (Å²) < 4.78 is 34.3. The molecule has 3 aromatic rings. The summed E-state index contributed by atoms with van der Waals surface area (Å²) in [6.07, 6.45) is 2.89. The lowest BCUT2D eigenvalue weighted by molar-refractivity contribution is 0.417. The van der Waals surface area contributed by atoms with Gasteiger partial charge < -0.3 is 19.5 Å². The maximum Gasteiger partial charge on any atom is 0.229 e. The van der Waals surface area contributed by atoms with Crippen molar-refractivity contribution in [2.45, 2.75) is 45.8 Å². The fourth-order valence-electron chi connectivity index (χ4n) is 4.97. The van der Waals surface area contributed by atoms with E-state index >= 15 is 0 Å². The molecule has 1 aliphatic heterocycles. The highest BCUT2D eigenvalue weighted by atomic mass is 32.2. The molecule has 186 valence electrons. The van der Waals surface area contributed by atoms with Crippen molar-refractivity contribution in [2.75, 3.05) is 23.0 Å². The summed E-state index contributed by atoms with van der Waals surface area (Å²) in [5.74, 6) is 0.424. The van der Waals surface area contributed by atoms with Crippen molar-refractivity contribution in [3.63, 3.8) is 0 Å². The number of hydrogen-bond donors (Lipinski definition) is 2. The maximum atomic E-state index is 12.0. The third kappa shape index (κ3) is 4.85. The van der Waals surface area contributed by atoms with Crippen LogP contribution < -0.4 is 19.7 Å². The zero-order chi connectivity index (χ0) is 25.5. The maximum absolute atomic E-state index is 12.0. The summed E-state index contributed by atoms with van der Waals surface area (Å²) in [4.78, 5) is 6.65. The highest BCUT2D eigenvalue weighted by Crippen LogP contribution is 2.45. The Kier molecular flexibility index (Phi) is 6.79. The van der Waals surface area contributed by atoms with Crippen molar-refractivity contribution in [1.29, 1.82) is 0 Å². The Morgan fingerprint density at radius 3 is 2.49 bits per heavy atom. The van der Waals surface area contributed by atoms with Gasteiger partial charge in [-0.25, -0.2) is 8.42 Å². The van der Waals surface area contributed by atoms with Gasteiger partial charge in [-0.05, 0) is 81.9 Å². The Balaban J connectivity index is 1.90. The highest BCUT2D eigenvalue weighted by Gasteiger charge is 2.42. The van der Waals surface area contributed by atoms with Gasteiger partial charge in [0.05, 0.1) is 36.8 Å². The van der Waals surface area contributed by atoms with Gasteiger partial charge in [-0.3, -0.25) is 9.71 Å². The Bertz CT molecular complexity index is 1350. The van der Waals surface area contributed by atoms with Crippen LogP contribution in [0.2, 0.25) is 0 Å². The minimum Gasteiger partial charge on any atom is -0.495 e. The molecule has 0 amide bonds. The molecular weight excluding hydrogens is 482 g/mol. The van der Waals surface area contributed by atoms with Crippen molar-refractivity contribution >= 4 is 38.7 Å². The minimum absolute atomic E-state index is 0.196. The van der Waals surface area contributed by atoms with Gasteiger partial charge in [0.25, 0.3) is 0 Å². The molecule has 0 radical (unpaired) electrons. The topological polar surface area (TPSA) is 88.5 Å². The number of rotatable bonds is 7. The van der Waals surface area contributed by atoms with Gasteiger partial charge in [-0.15, -0.1) is 0 Å². The molecule has 2 atom stereocenters. The molecule has 1 aliphatic rings. The third-order valence-electron chi connectivity index (χ3n) is 6.21. The monoisotopic (exact) mass is 513 g/mol. The lowest BCUT2D eigenvalue weighted by atomic mass is 9.96. The third-order valence-corrected chi connectivity index (χ3v) is 7.12. The first-order valence-electron chi connectivity index (χ1n) is 11.4. The fraction of sp³-hybridized carbons (Fsp3) is 0.360. The first kappa shape index (κ1) is 25.0. The number of benzene rings is 1. The van der Waals surface area contributed by atoms with Crippen LogP contribution >= 0.6 is 12.2 Å². The zero-order valence-electron chi connectivity index (χ0n) is 20.7.